The molecule has 0 saturated heterocycles. The molecule has 1 heterocycles. The molecule has 8 heteroatoms. The highest BCUT2D eigenvalue weighted by Gasteiger charge is 2.13. The first kappa shape index (κ1) is 29.5. The zero-order chi connectivity index (χ0) is 23.2. The van der Waals surface area contributed by atoms with Gasteiger partial charge in [0.05, 0.1) is 0 Å². The van der Waals surface area contributed by atoms with Gasteiger partial charge in [0.25, 0.3) is 0 Å². The van der Waals surface area contributed by atoms with E-state index in [2.05, 4.69) is 28.7 Å². The third-order valence-electron chi connectivity index (χ3n) is 3.66. The lowest BCUT2D eigenvalue weighted by Gasteiger charge is -2.16. The fourth-order valence-corrected chi connectivity index (χ4v) is 3.14. The van der Waals surface area contributed by atoms with Crippen molar-refractivity contribution in [2.75, 3.05) is 32.2 Å². The van der Waals surface area contributed by atoms with E-state index in [-0.39, 0.29) is 6.29 Å². The van der Waals surface area contributed by atoms with Gasteiger partial charge in [-0.15, -0.1) is 0 Å². The van der Waals surface area contributed by atoms with Crippen LogP contribution < -0.4 is 0 Å². The Labute approximate surface area is 192 Å². The third-order valence-corrected chi connectivity index (χ3v) is 4.61. The van der Waals surface area contributed by atoms with Crippen LogP contribution in [0.3, 0.4) is 0 Å². The van der Waals surface area contributed by atoms with Crippen molar-refractivity contribution in [1.82, 2.24) is 9.97 Å². The highest BCUT2D eigenvalue weighted by molar-refractivity contribution is 7.99. The Kier molecular flexibility index (Phi) is 20.7. The Morgan fingerprint density at radius 2 is 1.61 bits per heavy atom. The van der Waals surface area contributed by atoms with Gasteiger partial charge in [0.1, 0.15) is 5.69 Å². The average Bonchev–Trinajstić information content (AvgIpc) is 2.78. The molecule has 0 aliphatic carbocycles. The molecule has 1 aromatic heterocycles. The molecule has 0 aliphatic rings. The van der Waals surface area contributed by atoms with Gasteiger partial charge in [0.15, 0.2) is 11.4 Å². The number of hydrogen-bond acceptors (Lipinski definition) is 8. The summed E-state index contributed by atoms with van der Waals surface area (Å²) in [6, 6.07) is 1.86. The Morgan fingerprint density at radius 3 is 2.16 bits per heavy atom. The quantitative estimate of drug-likeness (QED) is 0.0933. The number of hydrogen-bond donors (Lipinski definition) is 0. The van der Waals surface area contributed by atoms with Gasteiger partial charge in [0.2, 0.25) is 12.6 Å². The Morgan fingerprint density at radius 1 is 0.968 bits per heavy atom. The molecule has 0 aromatic carbocycles. The zero-order valence-corrected chi connectivity index (χ0v) is 20.4. The van der Waals surface area contributed by atoms with E-state index in [0.29, 0.717) is 32.7 Å². The summed E-state index contributed by atoms with van der Waals surface area (Å²) in [7, 11) is 0. The average molecular weight is 455 g/mol. The van der Waals surface area contributed by atoms with Crippen molar-refractivity contribution < 1.29 is 23.7 Å². The number of nitrogens with zero attached hydrogens (tertiary/aromatic N) is 2. The maximum absolute atomic E-state index is 9.83. The summed E-state index contributed by atoms with van der Waals surface area (Å²) < 4.78 is 21.2. The Balaban J connectivity index is 0.000000695. The molecule has 7 nitrogen and oxygen atoms in total. The molecule has 0 fully saturated rings. The van der Waals surface area contributed by atoms with Crippen LogP contribution in [0.15, 0.2) is 17.4 Å². The number of unbranched alkanes of at least 4 members (excludes halogenated alkanes) is 3. The molecule has 0 atom stereocenters. The van der Waals surface area contributed by atoms with Gasteiger partial charge >= 0.3 is 0 Å². The van der Waals surface area contributed by atoms with E-state index in [4.69, 9.17) is 18.9 Å². The van der Waals surface area contributed by atoms with Crippen LogP contribution in [0.4, 0.5) is 0 Å². The molecule has 31 heavy (non-hydrogen) atoms. The summed E-state index contributed by atoms with van der Waals surface area (Å²) in [4.78, 5) is 18.7. The normalized spacial score (nSPS) is 10.4. The summed E-state index contributed by atoms with van der Waals surface area (Å²) in [6.45, 7) is 12.1. The van der Waals surface area contributed by atoms with Gasteiger partial charge in [-0.25, -0.2) is 9.97 Å². The first-order valence-electron chi connectivity index (χ1n) is 11.0. The minimum Gasteiger partial charge on any atom is -0.347 e. The van der Waals surface area contributed by atoms with Crippen molar-refractivity contribution in [1.29, 1.82) is 0 Å². The molecule has 0 saturated carbocycles. The Hall–Kier alpha value is -1.50. The second-order valence-corrected chi connectivity index (χ2v) is 7.13. The van der Waals surface area contributed by atoms with Crippen LogP contribution in [0.2, 0.25) is 0 Å². The van der Waals surface area contributed by atoms with Gasteiger partial charge in [0, 0.05) is 38.4 Å². The molecule has 0 N–H and O–H groups in total. The molecule has 0 aliphatic heterocycles. The zero-order valence-electron chi connectivity index (χ0n) is 19.6. The fraction of sp³-hybridized carbons (Fsp3) is 0.696. The topological polar surface area (TPSA) is 79.8 Å². The molecule has 0 unspecified atom stereocenters. The second-order valence-electron chi connectivity index (χ2n) is 6.06. The van der Waals surface area contributed by atoms with E-state index in [9.17, 15) is 4.79 Å². The van der Waals surface area contributed by atoms with Gasteiger partial charge in [-0.1, -0.05) is 37.9 Å². The van der Waals surface area contributed by atoms with E-state index in [0.717, 1.165) is 16.6 Å². The van der Waals surface area contributed by atoms with Crippen LogP contribution in [0.25, 0.3) is 0 Å². The number of thioether (sulfide) groups is 1. The van der Waals surface area contributed by atoms with Crippen molar-refractivity contribution in [3.8, 4) is 11.8 Å². The summed E-state index contributed by atoms with van der Waals surface area (Å²) in [5.74, 6) is 5.81. The number of carbonyl (C=O) groups excluding carboxylic acids is 1. The molecule has 1 rings (SSSR count). The minimum atomic E-state index is -0.560. The van der Waals surface area contributed by atoms with Crippen molar-refractivity contribution in [2.24, 2.45) is 0 Å². The van der Waals surface area contributed by atoms with E-state index < -0.39 is 6.29 Å². The van der Waals surface area contributed by atoms with Crippen molar-refractivity contribution >= 4 is 18.0 Å². The second kappa shape index (κ2) is 21.7. The SMILES string of the molecule is CCCCCCSc1nccc(C(OCC)OCC)n1.CCOC(C#CC=O)OCC. The van der Waals surface area contributed by atoms with Gasteiger partial charge in [-0.2, -0.15) is 0 Å². The lowest BCUT2D eigenvalue weighted by molar-refractivity contribution is -0.143. The Bertz CT molecular complexity index is 609. The first-order chi connectivity index (χ1) is 15.2. The predicted molar refractivity (Wildman–Crippen MR) is 124 cm³/mol. The molecule has 0 amide bonds. The monoisotopic (exact) mass is 454 g/mol. The lowest BCUT2D eigenvalue weighted by Crippen LogP contribution is -2.14. The molecule has 1 aromatic rings. The third kappa shape index (κ3) is 15.9. The fourth-order valence-electron chi connectivity index (χ4n) is 2.30. The highest BCUT2D eigenvalue weighted by atomic mass is 32.2. The van der Waals surface area contributed by atoms with Gasteiger partial charge < -0.3 is 18.9 Å². The van der Waals surface area contributed by atoms with Crippen molar-refractivity contribution in [2.45, 2.75) is 78.0 Å². The van der Waals surface area contributed by atoms with E-state index >= 15 is 0 Å². The summed E-state index contributed by atoms with van der Waals surface area (Å²) in [5, 5.41) is 0.809. The smallest absolute Gasteiger partial charge is 0.222 e. The summed E-state index contributed by atoms with van der Waals surface area (Å²) in [6.07, 6.45) is 6.42. The molecule has 0 bridgehead atoms. The van der Waals surface area contributed by atoms with Crippen LogP contribution in [-0.4, -0.2) is 54.7 Å². The maximum atomic E-state index is 9.83. The molecule has 0 radical (unpaired) electrons. The first-order valence-corrected chi connectivity index (χ1v) is 12.0. The number of ether oxygens (including phenoxy) is 4. The van der Waals surface area contributed by atoms with Crippen LogP contribution in [0, 0.1) is 11.8 Å². The van der Waals surface area contributed by atoms with Crippen molar-refractivity contribution in [3.05, 3.63) is 18.0 Å². The highest BCUT2D eigenvalue weighted by Crippen LogP contribution is 2.20. The molecular formula is C23H38N2O5S. The van der Waals surface area contributed by atoms with Crippen LogP contribution in [0.5, 0.6) is 0 Å². The van der Waals surface area contributed by atoms with Crippen molar-refractivity contribution in [3.63, 3.8) is 0 Å². The lowest BCUT2D eigenvalue weighted by atomic mass is 10.2. The number of rotatable bonds is 15. The van der Waals surface area contributed by atoms with E-state index in [1.54, 1.807) is 18.0 Å². The van der Waals surface area contributed by atoms with E-state index in [1.165, 1.54) is 25.7 Å². The number of aromatic nitrogens is 2. The van der Waals surface area contributed by atoms with Crippen LogP contribution >= 0.6 is 11.8 Å². The minimum absolute atomic E-state index is 0.382. The van der Waals surface area contributed by atoms with Crippen LogP contribution in [0.1, 0.15) is 72.3 Å². The number of carbonyl (C=O) groups is 1. The largest absolute Gasteiger partial charge is 0.347 e. The van der Waals surface area contributed by atoms with Crippen LogP contribution in [-0.2, 0) is 23.7 Å². The van der Waals surface area contributed by atoms with Gasteiger partial charge in [-0.3, -0.25) is 4.79 Å². The standard InChI is InChI=1S/C15H26N2O2S.C8H12O3/c1-4-7-8-9-12-20-15-16-11-10-13(17-15)14(18-5-2)19-6-3;1-3-10-8(11-4-2)6-5-7-9/h10-11,14H,4-9,12H2,1-3H3;7-8H,3-4H2,1-2H3. The molecular weight excluding hydrogens is 416 g/mol. The number of aldehydes is 1. The maximum Gasteiger partial charge on any atom is 0.222 e. The predicted octanol–water partition coefficient (Wildman–Crippen LogP) is 4.81. The summed E-state index contributed by atoms with van der Waals surface area (Å²) >= 11 is 1.71. The van der Waals surface area contributed by atoms with E-state index in [1.807, 2.05) is 33.8 Å². The van der Waals surface area contributed by atoms with Gasteiger partial charge in [-0.05, 0) is 52.0 Å². The summed E-state index contributed by atoms with van der Waals surface area (Å²) in [5.41, 5.74) is 0.805. The molecule has 176 valence electrons. The molecule has 0 spiro atoms.